The molecule has 0 amide bonds. The molecule has 0 saturated heterocycles. The summed E-state index contributed by atoms with van der Waals surface area (Å²) in [6, 6.07) is 0. The molecule has 0 bridgehead atoms. The average Bonchev–Trinajstić information content (AvgIpc) is 2.76. The third-order valence-corrected chi connectivity index (χ3v) is 12.4. The Bertz CT molecular complexity index is 890. The van der Waals surface area contributed by atoms with Gasteiger partial charge in [-0.05, 0) is 111 Å². The molecule has 4 fully saturated rings. The van der Waals surface area contributed by atoms with E-state index in [9.17, 15) is 19.8 Å². The van der Waals surface area contributed by atoms with Crippen molar-refractivity contribution in [2.45, 2.75) is 105 Å². The molecule has 4 heteroatoms. The number of aliphatic carboxylic acids is 1. The molecule has 184 valence electrons. The minimum absolute atomic E-state index is 0.0406. The fourth-order valence-corrected chi connectivity index (χ4v) is 10.3. The van der Waals surface area contributed by atoms with Crippen molar-refractivity contribution in [2.75, 3.05) is 0 Å². The molecule has 5 aliphatic rings. The van der Waals surface area contributed by atoms with E-state index in [4.69, 9.17) is 0 Å². The Morgan fingerprint density at radius 3 is 2.39 bits per heavy atom. The fraction of sp³-hybridized carbons (Fsp3) is 0.862. The van der Waals surface area contributed by atoms with Gasteiger partial charge in [0, 0.05) is 5.41 Å². The Kier molecular flexibility index (Phi) is 5.13. The van der Waals surface area contributed by atoms with E-state index in [-0.39, 0.29) is 22.3 Å². The summed E-state index contributed by atoms with van der Waals surface area (Å²) in [6.07, 6.45) is 12.7. The van der Waals surface area contributed by atoms with Crippen LogP contribution >= 0.6 is 0 Å². The van der Waals surface area contributed by atoms with Crippen LogP contribution in [0.3, 0.4) is 0 Å². The zero-order chi connectivity index (χ0) is 24.0. The second-order valence-electron chi connectivity index (χ2n) is 14.0. The van der Waals surface area contributed by atoms with Gasteiger partial charge < -0.3 is 15.0 Å². The van der Waals surface area contributed by atoms with E-state index in [0.717, 1.165) is 32.1 Å². The first-order valence-electron chi connectivity index (χ1n) is 13.4. The minimum atomic E-state index is -0.742. The second-order valence-corrected chi connectivity index (χ2v) is 14.0. The van der Waals surface area contributed by atoms with Crippen molar-refractivity contribution in [1.82, 2.24) is 0 Å². The number of rotatable bonds is 2. The summed E-state index contributed by atoms with van der Waals surface area (Å²) in [5.41, 5.74) is 0.328. The predicted octanol–water partition coefficient (Wildman–Crippen LogP) is 6.02. The van der Waals surface area contributed by atoms with Gasteiger partial charge in [0.1, 0.15) is 6.29 Å². The van der Waals surface area contributed by atoms with Gasteiger partial charge in [0.25, 0.3) is 0 Å². The van der Waals surface area contributed by atoms with E-state index in [1.807, 2.05) is 6.92 Å². The molecular weight excluding hydrogens is 412 g/mol. The van der Waals surface area contributed by atoms with Crippen LogP contribution in [0.2, 0.25) is 0 Å². The van der Waals surface area contributed by atoms with E-state index < -0.39 is 16.8 Å². The Morgan fingerprint density at radius 1 is 1.00 bits per heavy atom. The summed E-state index contributed by atoms with van der Waals surface area (Å²) in [5, 5.41) is 20.8. The lowest BCUT2D eigenvalue weighted by Crippen LogP contribution is -2.61. The maximum absolute atomic E-state index is 12.6. The van der Waals surface area contributed by atoms with Gasteiger partial charge in [-0.3, -0.25) is 4.79 Å². The lowest BCUT2D eigenvalue weighted by Gasteiger charge is -2.66. The molecule has 0 aromatic carbocycles. The molecule has 0 heterocycles. The van der Waals surface area contributed by atoms with Gasteiger partial charge in [0.15, 0.2) is 0 Å². The maximum Gasteiger partial charge on any atom is 0.309 e. The molecule has 0 radical (unpaired) electrons. The van der Waals surface area contributed by atoms with Gasteiger partial charge in [-0.25, -0.2) is 0 Å². The molecule has 0 aliphatic heterocycles. The number of hydrogen-bond donors (Lipinski definition) is 2. The average molecular weight is 457 g/mol. The number of carbonyl (C=O) groups excluding carboxylic acids is 1. The first-order valence-corrected chi connectivity index (χ1v) is 13.4. The monoisotopic (exact) mass is 456 g/mol. The minimum Gasteiger partial charge on any atom is -0.481 e. The molecule has 33 heavy (non-hydrogen) atoms. The molecule has 9 atom stereocenters. The van der Waals surface area contributed by atoms with E-state index in [2.05, 4.69) is 33.8 Å². The van der Waals surface area contributed by atoms with Crippen molar-refractivity contribution in [3.8, 4) is 0 Å². The summed E-state index contributed by atoms with van der Waals surface area (Å²) in [5.74, 6) is 1.34. The first-order chi connectivity index (χ1) is 15.3. The molecule has 0 aromatic rings. The van der Waals surface area contributed by atoms with E-state index >= 15 is 0 Å². The Hall–Kier alpha value is -1.16. The molecule has 4 saturated carbocycles. The molecule has 0 spiro atoms. The highest BCUT2D eigenvalue weighted by Crippen LogP contribution is 2.71. The number of aliphatic hydroxyl groups excluding tert-OH is 1. The number of aliphatic hydroxyl groups is 1. The van der Waals surface area contributed by atoms with Crippen LogP contribution in [0.25, 0.3) is 0 Å². The normalized spacial score (nSPS) is 52.9. The lowest BCUT2D eigenvalue weighted by atomic mass is 9.38. The Morgan fingerprint density at radius 2 is 1.73 bits per heavy atom. The van der Waals surface area contributed by atoms with Gasteiger partial charge in [-0.1, -0.05) is 39.3 Å². The molecule has 9 unspecified atom stereocenters. The Labute approximate surface area is 199 Å². The summed E-state index contributed by atoms with van der Waals surface area (Å²) in [4.78, 5) is 24.8. The van der Waals surface area contributed by atoms with Crippen LogP contribution in [0.1, 0.15) is 98.8 Å². The first kappa shape index (κ1) is 23.6. The van der Waals surface area contributed by atoms with Crippen molar-refractivity contribution >= 4 is 12.3 Å². The zero-order valence-electron chi connectivity index (χ0n) is 21.3. The van der Waals surface area contributed by atoms with Crippen molar-refractivity contribution in [2.24, 2.45) is 50.7 Å². The molecule has 0 aromatic heterocycles. The molecule has 2 N–H and O–H groups in total. The van der Waals surface area contributed by atoms with Crippen LogP contribution in [-0.2, 0) is 9.59 Å². The number of allylic oxidation sites excluding steroid dienone is 2. The highest BCUT2D eigenvalue weighted by Gasteiger charge is 2.65. The third-order valence-electron chi connectivity index (χ3n) is 12.4. The predicted molar refractivity (Wildman–Crippen MR) is 128 cm³/mol. The van der Waals surface area contributed by atoms with Crippen LogP contribution < -0.4 is 0 Å². The SMILES string of the molecule is CC1(C(=O)O)CCC2(C=O)CC=C3C4CCC5C(C)(C)C(O)CCC5(C)C4CCC3C2(C)C1. The Balaban J connectivity index is 1.52. The summed E-state index contributed by atoms with van der Waals surface area (Å²) in [7, 11) is 0. The fourth-order valence-electron chi connectivity index (χ4n) is 10.3. The van der Waals surface area contributed by atoms with Crippen molar-refractivity contribution < 1.29 is 19.8 Å². The van der Waals surface area contributed by atoms with Gasteiger partial charge in [-0.15, -0.1) is 0 Å². The summed E-state index contributed by atoms with van der Waals surface area (Å²) < 4.78 is 0. The number of hydrogen-bond acceptors (Lipinski definition) is 3. The maximum atomic E-state index is 12.6. The number of aldehydes is 1. The zero-order valence-corrected chi connectivity index (χ0v) is 21.3. The second kappa shape index (κ2) is 7.18. The molecular formula is C29H44O4. The highest BCUT2D eigenvalue weighted by molar-refractivity contribution is 5.75. The number of carbonyl (C=O) groups is 2. The smallest absolute Gasteiger partial charge is 0.309 e. The van der Waals surface area contributed by atoms with Crippen molar-refractivity contribution in [3.05, 3.63) is 11.6 Å². The largest absolute Gasteiger partial charge is 0.481 e. The standard InChI is InChI=1S/C29H44O4/c1-25(2)22-9-6-18-19-10-13-29(17-30)15-14-26(3,24(32)33)16-28(29,5)21(19)8-7-20(18)27(22,4)12-11-23(25)31/h10,17-18,20-23,31H,6-9,11-16H2,1-5H3,(H,32,33). The van der Waals surface area contributed by atoms with Crippen LogP contribution in [0.15, 0.2) is 11.6 Å². The van der Waals surface area contributed by atoms with Gasteiger partial charge in [0.05, 0.1) is 11.5 Å². The molecule has 5 rings (SSSR count). The summed E-state index contributed by atoms with van der Waals surface area (Å²) in [6.45, 7) is 11.2. The molecule has 5 aliphatic carbocycles. The van der Waals surface area contributed by atoms with Crippen LogP contribution in [0, 0.1) is 50.7 Å². The summed E-state index contributed by atoms with van der Waals surface area (Å²) >= 11 is 0. The van der Waals surface area contributed by atoms with Gasteiger partial charge in [0.2, 0.25) is 0 Å². The van der Waals surface area contributed by atoms with Crippen molar-refractivity contribution in [3.63, 3.8) is 0 Å². The van der Waals surface area contributed by atoms with Crippen LogP contribution in [0.4, 0.5) is 0 Å². The van der Waals surface area contributed by atoms with Gasteiger partial charge >= 0.3 is 5.97 Å². The highest BCUT2D eigenvalue weighted by atomic mass is 16.4. The van der Waals surface area contributed by atoms with Crippen molar-refractivity contribution in [1.29, 1.82) is 0 Å². The lowest BCUT2D eigenvalue weighted by molar-refractivity contribution is -0.174. The number of fused-ring (bicyclic) bond motifs is 7. The molecule has 4 nitrogen and oxygen atoms in total. The van der Waals surface area contributed by atoms with Gasteiger partial charge in [-0.2, -0.15) is 0 Å². The quantitative estimate of drug-likeness (QED) is 0.393. The van der Waals surface area contributed by atoms with Crippen LogP contribution in [-0.4, -0.2) is 28.6 Å². The number of carboxylic acids is 1. The van der Waals surface area contributed by atoms with E-state index in [1.165, 1.54) is 19.1 Å². The number of carboxylic acid groups (broad SMARTS) is 1. The van der Waals surface area contributed by atoms with E-state index in [1.54, 1.807) is 5.57 Å². The van der Waals surface area contributed by atoms with E-state index in [0.29, 0.717) is 42.9 Å². The third kappa shape index (κ3) is 2.91. The van der Waals surface area contributed by atoms with Crippen LogP contribution in [0.5, 0.6) is 0 Å². The topological polar surface area (TPSA) is 74.6 Å².